The maximum absolute atomic E-state index is 13.0. The highest BCUT2D eigenvalue weighted by Gasteiger charge is 2.41. The molecule has 0 saturated carbocycles. The summed E-state index contributed by atoms with van der Waals surface area (Å²) in [7, 11) is -2.37. The van der Waals surface area contributed by atoms with Gasteiger partial charge in [0.2, 0.25) is 10.0 Å². The zero-order chi connectivity index (χ0) is 23.4. The fourth-order valence-electron chi connectivity index (χ4n) is 3.59. The number of halogens is 1. The van der Waals surface area contributed by atoms with Gasteiger partial charge < -0.3 is 15.6 Å². The molecule has 7 nitrogen and oxygen atoms in total. The van der Waals surface area contributed by atoms with Gasteiger partial charge in [0.05, 0.1) is 7.11 Å². The summed E-state index contributed by atoms with van der Waals surface area (Å²) in [5.41, 5.74) is 5.04. The van der Waals surface area contributed by atoms with Gasteiger partial charge in [0.15, 0.2) is 5.54 Å². The number of hydrogen-bond acceptors (Lipinski definition) is 5. The van der Waals surface area contributed by atoms with Crippen molar-refractivity contribution in [2.75, 3.05) is 26.0 Å². The number of hydrogen-bond donors (Lipinski definition) is 2. The second kappa shape index (κ2) is 9.69. The van der Waals surface area contributed by atoms with Crippen molar-refractivity contribution in [3.63, 3.8) is 0 Å². The lowest BCUT2D eigenvalue weighted by Gasteiger charge is -2.33. The average Bonchev–Trinajstić information content (AvgIpc) is 2.78. The Hall–Kier alpha value is -2.93. The molecule has 1 aliphatic heterocycles. The van der Waals surface area contributed by atoms with Crippen LogP contribution in [-0.4, -0.2) is 55.3 Å². The smallest absolute Gasteiger partial charge is 0.337 e. The molecule has 2 aromatic carbocycles. The molecule has 1 atom stereocenters. The molecule has 0 amide bonds. The van der Waals surface area contributed by atoms with Crippen molar-refractivity contribution in [2.45, 2.75) is 24.3 Å². The summed E-state index contributed by atoms with van der Waals surface area (Å²) in [6, 6.07) is 12.7. The van der Waals surface area contributed by atoms with Crippen LogP contribution in [0.2, 0.25) is 0 Å². The van der Waals surface area contributed by atoms with E-state index in [1.54, 1.807) is 7.11 Å². The Bertz CT molecular complexity index is 1120. The van der Waals surface area contributed by atoms with Crippen molar-refractivity contribution in [3.8, 4) is 17.6 Å². The number of ether oxygens (including phenoxy) is 1. The van der Waals surface area contributed by atoms with Gasteiger partial charge in [-0.15, -0.1) is 0 Å². The summed E-state index contributed by atoms with van der Waals surface area (Å²) in [6.07, 6.45) is 1.22. The predicted octanol–water partition coefficient (Wildman–Crippen LogP) is 2.18. The van der Waals surface area contributed by atoms with E-state index in [0.29, 0.717) is 18.4 Å². The number of carbonyl (C=O) groups is 1. The third kappa shape index (κ3) is 5.65. The van der Waals surface area contributed by atoms with Gasteiger partial charge in [-0.2, -0.15) is 0 Å². The van der Waals surface area contributed by atoms with Gasteiger partial charge in [0.1, 0.15) is 17.3 Å². The molecule has 1 unspecified atom stereocenters. The van der Waals surface area contributed by atoms with Crippen LogP contribution < -0.4 is 10.5 Å². The molecular formula is C23H25FN2O5S. The standard InChI is InChI=1S/C23H25FN2O5S/c1-31-21-8-4-18(5-9-21)19-11-14-26(15-12-19)32(29,30)16-23(25,22(27)28)13-10-17-2-6-20(24)7-3-17/h2-9,19H,11-12,14-16,25H2,1H3,(H,27,28). The Morgan fingerprint density at radius 3 is 2.31 bits per heavy atom. The first-order valence-electron chi connectivity index (χ1n) is 10.1. The minimum atomic E-state index is -3.97. The number of piperidine rings is 1. The fourth-order valence-corrected chi connectivity index (χ4v) is 5.31. The van der Waals surface area contributed by atoms with Crippen LogP contribution in [0.5, 0.6) is 5.75 Å². The van der Waals surface area contributed by atoms with Gasteiger partial charge in [-0.25, -0.2) is 21.9 Å². The lowest BCUT2D eigenvalue weighted by Crippen LogP contribution is -2.55. The van der Waals surface area contributed by atoms with Gasteiger partial charge in [0.25, 0.3) is 0 Å². The molecule has 170 valence electrons. The first-order chi connectivity index (χ1) is 15.1. The van der Waals surface area contributed by atoms with Gasteiger partial charge in [-0.1, -0.05) is 24.0 Å². The normalized spacial score (nSPS) is 17.1. The molecule has 1 saturated heterocycles. The van der Waals surface area contributed by atoms with Gasteiger partial charge in [-0.3, -0.25) is 0 Å². The maximum atomic E-state index is 13.0. The first-order valence-corrected chi connectivity index (χ1v) is 11.7. The molecule has 3 rings (SSSR count). The largest absolute Gasteiger partial charge is 0.497 e. The molecule has 1 aliphatic rings. The topological polar surface area (TPSA) is 110 Å². The molecule has 1 heterocycles. The Kier molecular flexibility index (Phi) is 7.19. The van der Waals surface area contributed by atoms with Crippen molar-refractivity contribution in [1.29, 1.82) is 0 Å². The van der Waals surface area contributed by atoms with Gasteiger partial charge >= 0.3 is 5.97 Å². The molecule has 3 N–H and O–H groups in total. The van der Waals surface area contributed by atoms with E-state index in [0.717, 1.165) is 11.3 Å². The summed E-state index contributed by atoms with van der Waals surface area (Å²) in [5.74, 6) is 3.00. The van der Waals surface area contributed by atoms with E-state index >= 15 is 0 Å². The molecule has 0 aromatic heterocycles. The van der Waals surface area contributed by atoms with E-state index in [-0.39, 0.29) is 19.0 Å². The molecule has 2 aromatic rings. The van der Waals surface area contributed by atoms with E-state index in [9.17, 15) is 22.7 Å². The Labute approximate surface area is 187 Å². The van der Waals surface area contributed by atoms with Crippen LogP contribution in [0.3, 0.4) is 0 Å². The first kappa shape index (κ1) is 23.7. The lowest BCUT2D eigenvalue weighted by atomic mass is 9.90. The van der Waals surface area contributed by atoms with E-state index in [1.165, 1.54) is 28.6 Å². The van der Waals surface area contributed by atoms with Crippen LogP contribution in [0, 0.1) is 17.7 Å². The van der Waals surface area contributed by atoms with Crippen LogP contribution in [0.25, 0.3) is 0 Å². The van der Waals surface area contributed by atoms with Crippen molar-refractivity contribution < 1.29 is 27.4 Å². The monoisotopic (exact) mass is 460 g/mol. The highest BCUT2D eigenvalue weighted by molar-refractivity contribution is 7.89. The number of aliphatic carboxylic acids is 1. The molecular weight excluding hydrogens is 435 g/mol. The van der Waals surface area contributed by atoms with Crippen molar-refractivity contribution in [1.82, 2.24) is 4.31 Å². The number of benzene rings is 2. The summed E-state index contributed by atoms with van der Waals surface area (Å²) >= 11 is 0. The average molecular weight is 461 g/mol. The van der Waals surface area contributed by atoms with Crippen LogP contribution in [0.15, 0.2) is 48.5 Å². The summed E-state index contributed by atoms with van der Waals surface area (Å²) in [4.78, 5) is 11.8. The van der Waals surface area contributed by atoms with Crippen LogP contribution in [0.1, 0.15) is 29.9 Å². The van der Waals surface area contributed by atoms with Crippen LogP contribution in [0.4, 0.5) is 4.39 Å². The van der Waals surface area contributed by atoms with Crippen molar-refractivity contribution in [2.24, 2.45) is 5.73 Å². The molecule has 9 heteroatoms. The van der Waals surface area contributed by atoms with Gasteiger partial charge in [0, 0.05) is 18.7 Å². The minimum Gasteiger partial charge on any atom is -0.497 e. The molecule has 0 radical (unpaired) electrons. The van der Waals surface area contributed by atoms with Crippen molar-refractivity contribution in [3.05, 3.63) is 65.5 Å². The second-order valence-electron chi connectivity index (χ2n) is 7.74. The number of nitrogens with two attached hydrogens (primary N) is 1. The molecule has 1 fully saturated rings. The predicted molar refractivity (Wildman–Crippen MR) is 118 cm³/mol. The number of sulfonamides is 1. The van der Waals surface area contributed by atoms with Gasteiger partial charge in [-0.05, 0) is 60.7 Å². The lowest BCUT2D eigenvalue weighted by molar-refractivity contribution is -0.140. The molecule has 0 bridgehead atoms. The maximum Gasteiger partial charge on any atom is 0.337 e. The van der Waals surface area contributed by atoms with E-state index < -0.39 is 33.1 Å². The minimum absolute atomic E-state index is 0.202. The zero-order valence-corrected chi connectivity index (χ0v) is 18.4. The third-order valence-corrected chi connectivity index (χ3v) is 7.47. The highest BCUT2D eigenvalue weighted by atomic mass is 32.2. The number of methoxy groups -OCH3 is 1. The van der Waals surface area contributed by atoms with Crippen LogP contribution in [-0.2, 0) is 14.8 Å². The highest BCUT2D eigenvalue weighted by Crippen LogP contribution is 2.30. The summed E-state index contributed by atoms with van der Waals surface area (Å²) < 4.78 is 45.3. The second-order valence-corrected chi connectivity index (χ2v) is 9.71. The number of carboxylic acid groups (broad SMARTS) is 1. The number of carboxylic acids is 1. The Balaban J connectivity index is 1.69. The van der Waals surface area contributed by atoms with E-state index in [2.05, 4.69) is 11.8 Å². The third-order valence-electron chi connectivity index (χ3n) is 5.50. The quantitative estimate of drug-likeness (QED) is 0.640. The van der Waals surface area contributed by atoms with E-state index in [1.807, 2.05) is 24.3 Å². The Morgan fingerprint density at radius 1 is 1.19 bits per heavy atom. The summed E-state index contributed by atoms with van der Waals surface area (Å²) in [5, 5.41) is 9.57. The SMILES string of the molecule is COc1ccc(C2CCN(S(=O)(=O)CC(N)(C#Cc3ccc(F)cc3)C(=O)O)CC2)cc1. The summed E-state index contributed by atoms with van der Waals surface area (Å²) in [6.45, 7) is 0.528. The molecule has 0 aliphatic carbocycles. The zero-order valence-electron chi connectivity index (χ0n) is 17.6. The van der Waals surface area contributed by atoms with Crippen LogP contribution >= 0.6 is 0 Å². The molecule has 0 spiro atoms. The number of rotatable bonds is 6. The fraction of sp³-hybridized carbons (Fsp3) is 0.348. The Morgan fingerprint density at radius 2 is 1.78 bits per heavy atom. The van der Waals surface area contributed by atoms with E-state index in [4.69, 9.17) is 10.5 Å². The molecule has 32 heavy (non-hydrogen) atoms. The van der Waals surface area contributed by atoms with Crippen molar-refractivity contribution >= 4 is 16.0 Å². The number of nitrogens with zero attached hydrogens (tertiary/aromatic N) is 1.